The van der Waals surface area contributed by atoms with Gasteiger partial charge >= 0.3 is 18.2 Å². The molecule has 0 aliphatic carbocycles. The highest BCUT2D eigenvalue weighted by Gasteiger charge is 2.45. The van der Waals surface area contributed by atoms with Gasteiger partial charge in [-0.15, -0.1) is 0 Å². The lowest BCUT2D eigenvalue weighted by molar-refractivity contribution is -0.187. The topological polar surface area (TPSA) is 66.9 Å². The molecule has 1 aliphatic heterocycles. The van der Waals surface area contributed by atoms with Crippen LogP contribution in [-0.2, 0) is 14.3 Å². The number of hydrogen-bond acceptors (Lipinski definition) is 4. The molecule has 0 N–H and O–H groups in total. The monoisotopic (exact) mass is 324 g/mol. The van der Waals surface area contributed by atoms with Gasteiger partial charge in [0.25, 0.3) is 0 Å². The second-order valence-electron chi connectivity index (χ2n) is 5.98. The summed E-state index contributed by atoms with van der Waals surface area (Å²) >= 11 is 0. The molecule has 0 aromatic heterocycles. The lowest BCUT2D eigenvalue weighted by atomic mass is 10.1. The Balaban J connectivity index is 2.82. The zero-order valence-corrected chi connectivity index (χ0v) is 12.6. The molecular formula is C13H19F3N2O4. The molecule has 0 aromatic rings. The van der Waals surface area contributed by atoms with Crippen molar-refractivity contribution in [1.29, 1.82) is 0 Å². The Kier molecular flexibility index (Phi) is 5.42. The van der Waals surface area contributed by atoms with E-state index in [4.69, 9.17) is 4.74 Å². The Hall–Kier alpha value is -1.80. The summed E-state index contributed by atoms with van der Waals surface area (Å²) in [6.07, 6.45) is -5.34. The van der Waals surface area contributed by atoms with Crippen molar-refractivity contribution in [2.45, 2.75) is 45.0 Å². The number of nitrogens with zero attached hydrogens (tertiary/aromatic N) is 2. The smallest absolute Gasteiger partial charge is 0.444 e. The minimum absolute atomic E-state index is 0.116. The lowest BCUT2D eigenvalue weighted by Crippen LogP contribution is -2.59. The van der Waals surface area contributed by atoms with Gasteiger partial charge in [0.15, 0.2) is 0 Å². The Morgan fingerprint density at radius 1 is 1.23 bits per heavy atom. The van der Waals surface area contributed by atoms with Crippen LogP contribution in [0.3, 0.4) is 0 Å². The van der Waals surface area contributed by atoms with Crippen LogP contribution >= 0.6 is 0 Å². The molecule has 1 atom stereocenters. The number of hydrogen-bond donors (Lipinski definition) is 0. The van der Waals surface area contributed by atoms with Gasteiger partial charge in [-0.3, -0.25) is 4.79 Å². The highest BCUT2D eigenvalue weighted by Crippen LogP contribution is 2.23. The summed E-state index contributed by atoms with van der Waals surface area (Å²) in [4.78, 5) is 35.8. The molecular weight excluding hydrogens is 305 g/mol. The average Bonchev–Trinajstić information content (AvgIpc) is 2.35. The molecule has 1 heterocycles. The normalized spacial score (nSPS) is 19.8. The molecule has 1 rings (SSSR count). The van der Waals surface area contributed by atoms with Gasteiger partial charge in [0, 0.05) is 26.1 Å². The molecule has 0 saturated carbocycles. The first-order valence-electron chi connectivity index (χ1n) is 6.75. The molecule has 9 heteroatoms. The van der Waals surface area contributed by atoms with E-state index in [1.54, 1.807) is 20.8 Å². The molecule has 0 aromatic carbocycles. The maximum Gasteiger partial charge on any atom is 0.471 e. The number of piperazine rings is 1. The molecule has 6 nitrogen and oxygen atoms in total. The van der Waals surface area contributed by atoms with Crippen molar-refractivity contribution in [1.82, 2.24) is 9.80 Å². The van der Waals surface area contributed by atoms with E-state index >= 15 is 0 Å². The SMILES string of the molecule is CC(C)(C)OC(=O)N1CCN(C(=O)C(F)(F)F)C[C@@H]1CC=O. The number of aldehydes is 1. The number of amides is 2. The molecule has 0 spiro atoms. The fourth-order valence-corrected chi connectivity index (χ4v) is 2.09. The highest BCUT2D eigenvalue weighted by molar-refractivity contribution is 5.82. The predicted octanol–water partition coefficient (Wildman–Crippen LogP) is 1.59. The van der Waals surface area contributed by atoms with Gasteiger partial charge in [-0.1, -0.05) is 0 Å². The second-order valence-corrected chi connectivity index (χ2v) is 5.98. The van der Waals surface area contributed by atoms with E-state index in [2.05, 4.69) is 0 Å². The van der Waals surface area contributed by atoms with Crippen molar-refractivity contribution >= 4 is 18.3 Å². The van der Waals surface area contributed by atoms with Crippen LogP contribution in [0.15, 0.2) is 0 Å². The lowest BCUT2D eigenvalue weighted by Gasteiger charge is -2.41. The Morgan fingerprint density at radius 3 is 2.27 bits per heavy atom. The summed E-state index contributed by atoms with van der Waals surface area (Å²) in [6.45, 7) is 4.24. The van der Waals surface area contributed by atoms with Crippen LogP contribution < -0.4 is 0 Å². The Morgan fingerprint density at radius 2 is 1.82 bits per heavy atom. The highest BCUT2D eigenvalue weighted by atomic mass is 19.4. The maximum absolute atomic E-state index is 12.5. The third kappa shape index (κ3) is 4.88. The van der Waals surface area contributed by atoms with Gasteiger partial charge in [0.05, 0.1) is 6.04 Å². The summed E-state index contributed by atoms with van der Waals surface area (Å²) < 4.78 is 42.5. The first kappa shape index (κ1) is 18.2. The standard InChI is InChI=1S/C13H19F3N2O4/c1-12(2,3)22-11(21)18-6-5-17(8-9(18)4-7-19)10(20)13(14,15)16/h7,9H,4-6,8H2,1-3H3/t9-/m0/s1. The molecule has 1 fully saturated rings. The third-order valence-corrected chi connectivity index (χ3v) is 3.01. The summed E-state index contributed by atoms with van der Waals surface area (Å²) in [6, 6.07) is -0.826. The molecule has 0 bridgehead atoms. The minimum atomic E-state index is -4.97. The van der Waals surface area contributed by atoms with Gasteiger partial charge in [0.2, 0.25) is 0 Å². The molecule has 2 amide bonds. The Bertz CT molecular complexity index is 446. The fourth-order valence-electron chi connectivity index (χ4n) is 2.09. The number of carbonyl (C=O) groups excluding carboxylic acids is 3. The van der Waals surface area contributed by atoms with Crippen LogP contribution in [0.4, 0.5) is 18.0 Å². The van der Waals surface area contributed by atoms with E-state index < -0.39 is 29.8 Å². The van der Waals surface area contributed by atoms with E-state index in [0.29, 0.717) is 11.2 Å². The largest absolute Gasteiger partial charge is 0.471 e. The van der Waals surface area contributed by atoms with Gasteiger partial charge < -0.3 is 19.3 Å². The van der Waals surface area contributed by atoms with Crippen LogP contribution in [-0.4, -0.2) is 65.5 Å². The molecule has 0 radical (unpaired) electrons. The van der Waals surface area contributed by atoms with Crippen LogP contribution in [0.2, 0.25) is 0 Å². The van der Waals surface area contributed by atoms with Gasteiger partial charge in [-0.25, -0.2) is 4.79 Å². The summed E-state index contributed by atoms with van der Waals surface area (Å²) in [5.41, 5.74) is -0.762. The predicted molar refractivity (Wildman–Crippen MR) is 70.0 cm³/mol. The summed E-state index contributed by atoms with van der Waals surface area (Å²) in [5.74, 6) is -1.97. The first-order chi connectivity index (χ1) is 9.95. The third-order valence-electron chi connectivity index (χ3n) is 3.01. The van der Waals surface area contributed by atoms with Crippen molar-refractivity contribution < 1.29 is 32.3 Å². The number of ether oxygens (including phenoxy) is 1. The number of rotatable bonds is 2. The zero-order chi connectivity index (χ0) is 17.1. The fraction of sp³-hybridized carbons (Fsp3) is 0.769. The van der Waals surface area contributed by atoms with E-state index in [-0.39, 0.29) is 26.1 Å². The average molecular weight is 324 g/mol. The van der Waals surface area contributed by atoms with E-state index in [1.165, 1.54) is 4.90 Å². The number of carbonyl (C=O) groups is 3. The quantitative estimate of drug-likeness (QED) is 0.724. The maximum atomic E-state index is 12.5. The van der Waals surface area contributed by atoms with E-state index in [1.807, 2.05) is 0 Å². The van der Waals surface area contributed by atoms with Crippen molar-refractivity contribution in [3.63, 3.8) is 0 Å². The van der Waals surface area contributed by atoms with Crippen LogP contribution in [0, 0.1) is 0 Å². The summed E-state index contributed by atoms with van der Waals surface area (Å²) in [5, 5.41) is 0. The van der Waals surface area contributed by atoms with Crippen LogP contribution in [0.5, 0.6) is 0 Å². The van der Waals surface area contributed by atoms with Crippen molar-refractivity contribution in [2.24, 2.45) is 0 Å². The van der Waals surface area contributed by atoms with Crippen LogP contribution in [0.25, 0.3) is 0 Å². The molecule has 1 saturated heterocycles. The zero-order valence-electron chi connectivity index (χ0n) is 12.6. The molecule has 22 heavy (non-hydrogen) atoms. The van der Waals surface area contributed by atoms with E-state index in [9.17, 15) is 27.6 Å². The Labute approximate surface area is 126 Å². The first-order valence-corrected chi connectivity index (χ1v) is 6.75. The van der Waals surface area contributed by atoms with Gasteiger partial charge in [-0.2, -0.15) is 13.2 Å². The molecule has 126 valence electrons. The van der Waals surface area contributed by atoms with E-state index in [0.717, 1.165) is 0 Å². The van der Waals surface area contributed by atoms with Gasteiger partial charge in [-0.05, 0) is 20.8 Å². The number of alkyl halides is 3. The second kappa shape index (κ2) is 6.53. The minimum Gasteiger partial charge on any atom is -0.444 e. The molecule has 1 aliphatic rings. The summed E-state index contributed by atoms with van der Waals surface area (Å²) in [7, 11) is 0. The number of halogens is 3. The van der Waals surface area contributed by atoms with Crippen LogP contribution in [0.1, 0.15) is 27.2 Å². The van der Waals surface area contributed by atoms with Crippen molar-refractivity contribution in [2.75, 3.05) is 19.6 Å². The van der Waals surface area contributed by atoms with Crippen molar-refractivity contribution in [3.8, 4) is 0 Å². The molecule has 0 unspecified atom stereocenters. The van der Waals surface area contributed by atoms with Gasteiger partial charge in [0.1, 0.15) is 11.9 Å². The van der Waals surface area contributed by atoms with Crippen molar-refractivity contribution in [3.05, 3.63) is 0 Å².